The summed E-state index contributed by atoms with van der Waals surface area (Å²) in [7, 11) is 1.59. The van der Waals surface area contributed by atoms with Crippen LogP contribution in [0.15, 0.2) is 71.3 Å². The third-order valence-corrected chi connectivity index (χ3v) is 5.14. The molecule has 0 aliphatic carbocycles. The fourth-order valence-electron chi connectivity index (χ4n) is 3.43. The van der Waals surface area contributed by atoms with Gasteiger partial charge in [-0.1, -0.05) is 0 Å². The Morgan fingerprint density at radius 2 is 1.63 bits per heavy atom. The molecule has 4 rings (SSSR count). The van der Waals surface area contributed by atoms with Gasteiger partial charge in [-0.2, -0.15) is 0 Å². The third-order valence-electron chi connectivity index (χ3n) is 5.14. The Kier molecular flexibility index (Phi) is 5.70. The minimum atomic E-state index is -0.171. The number of piperazine rings is 1. The Labute approximate surface area is 174 Å². The number of anilines is 2. The predicted octanol–water partition coefficient (Wildman–Crippen LogP) is 3.50. The van der Waals surface area contributed by atoms with Gasteiger partial charge in [-0.25, -0.2) is 0 Å². The van der Waals surface area contributed by atoms with Crippen molar-refractivity contribution in [2.75, 3.05) is 43.5 Å². The molecular formula is C23H23N3O4. The number of furan rings is 1. The smallest absolute Gasteiger partial charge is 0.289 e. The number of amides is 2. The monoisotopic (exact) mass is 405 g/mol. The van der Waals surface area contributed by atoms with Crippen molar-refractivity contribution in [3.63, 3.8) is 0 Å². The molecule has 0 spiro atoms. The van der Waals surface area contributed by atoms with Crippen LogP contribution in [0.3, 0.4) is 0 Å². The number of rotatable bonds is 5. The topological polar surface area (TPSA) is 75.0 Å². The maximum absolute atomic E-state index is 12.4. The minimum Gasteiger partial charge on any atom is -0.497 e. The molecule has 7 heteroatoms. The molecular weight excluding hydrogens is 382 g/mol. The highest BCUT2D eigenvalue weighted by Crippen LogP contribution is 2.21. The second kappa shape index (κ2) is 8.73. The van der Waals surface area contributed by atoms with E-state index in [9.17, 15) is 9.59 Å². The van der Waals surface area contributed by atoms with Crippen molar-refractivity contribution in [2.45, 2.75) is 0 Å². The van der Waals surface area contributed by atoms with Gasteiger partial charge in [0.1, 0.15) is 5.75 Å². The molecule has 2 heterocycles. The van der Waals surface area contributed by atoms with E-state index in [1.54, 1.807) is 48.4 Å². The molecule has 7 nitrogen and oxygen atoms in total. The maximum Gasteiger partial charge on any atom is 0.289 e. The number of methoxy groups -OCH3 is 1. The van der Waals surface area contributed by atoms with Crippen LogP contribution in [0.5, 0.6) is 5.75 Å². The summed E-state index contributed by atoms with van der Waals surface area (Å²) in [5, 5.41) is 2.90. The van der Waals surface area contributed by atoms with Gasteiger partial charge in [0.25, 0.3) is 11.8 Å². The standard InChI is InChI=1S/C23H23N3O4/c1-29-20-10-4-17(5-11-20)22(27)24-18-6-8-19(9-7-18)25-12-14-26(15-13-25)23(28)21-3-2-16-30-21/h2-11,16H,12-15H2,1H3,(H,24,27). The highest BCUT2D eigenvalue weighted by Gasteiger charge is 2.23. The second-order valence-corrected chi connectivity index (χ2v) is 6.99. The summed E-state index contributed by atoms with van der Waals surface area (Å²) in [4.78, 5) is 28.8. The van der Waals surface area contributed by atoms with Crippen molar-refractivity contribution >= 4 is 23.2 Å². The van der Waals surface area contributed by atoms with Crippen LogP contribution in [-0.4, -0.2) is 50.0 Å². The molecule has 3 aromatic rings. The number of hydrogen-bond donors (Lipinski definition) is 1. The van der Waals surface area contributed by atoms with Gasteiger partial charge in [0.05, 0.1) is 13.4 Å². The van der Waals surface area contributed by atoms with E-state index < -0.39 is 0 Å². The van der Waals surface area contributed by atoms with Gasteiger partial charge in [-0.3, -0.25) is 9.59 Å². The number of carbonyl (C=O) groups is 2. The summed E-state index contributed by atoms with van der Waals surface area (Å²) in [6, 6.07) is 18.1. The van der Waals surface area contributed by atoms with E-state index in [-0.39, 0.29) is 11.8 Å². The molecule has 0 bridgehead atoms. The summed E-state index contributed by atoms with van der Waals surface area (Å²) in [5.41, 5.74) is 2.35. The average Bonchev–Trinajstić information content (AvgIpc) is 3.34. The van der Waals surface area contributed by atoms with Gasteiger partial charge in [0, 0.05) is 43.1 Å². The van der Waals surface area contributed by atoms with E-state index in [1.165, 1.54) is 6.26 Å². The maximum atomic E-state index is 12.4. The van der Waals surface area contributed by atoms with E-state index >= 15 is 0 Å². The van der Waals surface area contributed by atoms with Crippen molar-refractivity contribution in [2.24, 2.45) is 0 Å². The highest BCUT2D eigenvalue weighted by molar-refractivity contribution is 6.04. The number of ether oxygens (including phenoxy) is 1. The Hall–Kier alpha value is -3.74. The first kappa shape index (κ1) is 19.6. The van der Waals surface area contributed by atoms with Crippen molar-refractivity contribution in [3.05, 3.63) is 78.3 Å². The molecule has 1 fully saturated rings. The molecule has 0 saturated carbocycles. The zero-order valence-electron chi connectivity index (χ0n) is 16.7. The molecule has 2 amide bonds. The highest BCUT2D eigenvalue weighted by atomic mass is 16.5. The van der Waals surface area contributed by atoms with Crippen LogP contribution >= 0.6 is 0 Å². The van der Waals surface area contributed by atoms with E-state index in [1.807, 2.05) is 24.3 Å². The fraction of sp³-hybridized carbons (Fsp3) is 0.217. The largest absolute Gasteiger partial charge is 0.497 e. The van der Waals surface area contributed by atoms with Gasteiger partial charge >= 0.3 is 0 Å². The van der Waals surface area contributed by atoms with Gasteiger partial charge < -0.3 is 24.3 Å². The molecule has 30 heavy (non-hydrogen) atoms. The number of carbonyl (C=O) groups excluding carboxylic acids is 2. The van der Waals surface area contributed by atoms with Crippen molar-refractivity contribution in [3.8, 4) is 5.75 Å². The first-order valence-corrected chi connectivity index (χ1v) is 9.77. The average molecular weight is 405 g/mol. The normalized spacial score (nSPS) is 13.8. The Morgan fingerprint density at radius 1 is 0.933 bits per heavy atom. The summed E-state index contributed by atoms with van der Waals surface area (Å²) in [5.74, 6) is 0.842. The van der Waals surface area contributed by atoms with Crippen LogP contribution < -0.4 is 15.0 Å². The second-order valence-electron chi connectivity index (χ2n) is 6.99. The molecule has 1 aromatic heterocycles. The first-order valence-electron chi connectivity index (χ1n) is 9.77. The Bertz CT molecular complexity index is 990. The zero-order chi connectivity index (χ0) is 20.9. The molecule has 0 atom stereocenters. The van der Waals surface area contributed by atoms with Gasteiger partial charge in [-0.05, 0) is 60.7 Å². The number of nitrogens with one attached hydrogen (secondary N) is 1. The van der Waals surface area contributed by atoms with Crippen molar-refractivity contribution in [1.82, 2.24) is 4.90 Å². The molecule has 1 N–H and O–H groups in total. The number of hydrogen-bond acceptors (Lipinski definition) is 5. The molecule has 154 valence electrons. The number of nitrogens with zero attached hydrogens (tertiary/aromatic N) is 2. The number of benzene rings is 2. The summed E-state index contributed by atoms with van der Waals surface area (Å²) in [6.45, 7) is 2.75. The van der Waals surface area contributed by atoms with E-state index in [4.69, 9.17) is 9.15 Å². The molecule has 0 radical (unpaired) electrons. The van der Waals surface area contributed by atoms with Crippen molar-refractivity contribution < 1.29 is 18.7 Å². The zero-order valence-corrected chi connectivity index (χ0v) is 16.7. The minimum absolute atomic E-state index is 0.0729. The molecule has 0 unspecified atom stereocenters. The Morgan fingerprint density at radius 3 is 2.23 bits per heavy atom. The van der Waals surface area contributed by atoms with Gasteiger partial charge in [0.15, 0.2) is 5.76 Å². The van der Waals surface area contributed by atoms with Crippen LogP contribution in [0.1, 0.15) is 20.9 Å². The van der Waals surface area contributed by atoms with Gasteiger partial charge in [0.2, 0.25) is 0 Å². The lowest BCUT2D eigenvalue weighted by Crippen LogP contribution is -2.48. The molecule has 2 aromatic carbocycles. The molecule has 1 aliphatic rings. The van der Waals surface area contributed by atoms with E-state index in [0.717, 1.165) is 24.5 Å². The lowest BCUT2D eigenvalue weighted by atomic mass is 10.2. The molecule has 1 saturated heterocycles. The SMILES string of the molecule is COc1ccc(C(=O)Nc2ccc(N3CCN(C(=O)c4ccco4)CC3)cc2)cc1. The van der Waals surface area contributed by atoms with E-state index in [0.29, 0.717) is 30.2 Å². The Balaban J connectivity index is 1.32. The van der Waals surface area contributed by atoms with Crippen LogP contribution in [0, 0.1) is 0 Å². The summed E-state index contributed by atoms with van der Waals surface area (Å²) in [6.07, 6.45) is 1.51. The van der Waals surface area contributed by atoms with Crippen molar-refractivity contribution in [1.29, 1.82) is 0 Å². The quantitative estimate of drug-likeness (QED) is 0.703. The lowest BCUT2D eigenvalue weighted by molar-refractivity contribution is 0.0714. The summed E-state index contributed by atoms with van der Waals surface area (Å²) < 4.78 is 10.3. The van der Waals surface area contributed by atoms with Gasteiger partial charge in [-0.15, -0.1) is 0 Å². The third kappa shape index (κ3) is 4.30. The van der Waals surface area contributed by atoms with E-state index in [2.05, 4.69) is 10.2 Å². The molecule has 1 aliphatic heterocycles. The predicted molar refractivity (Wildman–Crippen MR) is 114 cm³/mol. The van der Waals surface area contributed by atoms with Crippen LogP contribution in [0.25, 0.3) is 0 Å². The van der Waals surface area contributed by atoms with Crippen LogP contribution in [0.4, 0.5) is 11.4 Å². The summed E-state index contributed by atoms with van der Waals surface area (Å²) >= 11 is 0. The first-order chi connectivity index (χ1) is 14.6. The fourth-order valence-corrected chi connectivity index (χ4v) is 3.43. The van der Waals surface area contributed by atoms with Crippen LogP contribution in [0.2, 0.25) is 0 Å². The van der Waals surface area contributed by atoms with Crippen LogP contribution in [-0.2, 0) is 0 Å². The lowest BCUT2D eigenvalue weighted by Gasteiger charge is -2.35.